The Morgan fingerprint density at radius 3 is 2.64 bits per heavy atom. The number of amides is 3. The molecule has 1 unspecified atom stereocenters. The van der Waals surface area contributed by atoms with Crippen molar-refractivity contribution < 1.29 is 14.4 Å². The van der Waals surface area contributed by atoms with Crippen molar-refractivity contribution in [2.24, 2.45) is 0 Å². The number of hydrogen-bond acceptors (Lipinski definition) is 4. The Balaban J connectivity index is 1.91. The third-order valence-corrected chi connectivity index (χ3v) is 4.71. The molecule has 1 aromatic carbocycles. The first-order valence-corrected chi connectivity index (χ1v) is 7.82. The number of nitrogens with one attached hydrogen (secondary N) is 1. The Labute approximate surface area is 136 Å². The van der Waals surface area contributed by atoms with Gasteiger partial charge in [-0.3, -0.25) is 19.7 Å². The number of halogens is 1. The summed E-state index contributed by atoms with van der Waals surface area (Å²) in [5, 5.41) is 2.31. The second-order valence-corrected chi connectivity index (χ2v) is 6.61. The molecule has 2 aliphatic heterocycles. The summed E-state index contributed by atoms with van der Waals surface area (Å²) in [7, 11) is 3.86. The maximum atomic E-state index is 12.6. The number of nitrogens with zero attached hydrogens (tertiary/aromatic N) is 2. The van der Waals surface area contributed by atoms with E-state index < -0.39 is 6.04 Å². The van der Waals surface area contributed by atoms with Crippen LogP contribution in [0.4, 0.5) is 5.69 Å². The first-order chi connectivity index (χ1) is 10.4. The molecule has 7 heteroatoms. The zero-order valence-electron chi connectivity index (χ0n) is 12.4. The number of carbonyl (C=O) groups is 3. The molecule has 6 nitrogen and oxygen atoms in total. The first-order valence-electron chi connectivity index (χ1n) is 7.03. The van der Waals surface area contributed by atoms with Crippen molar-refractivity contribution in [1.82, 2.24) is 10.2 Å². The molecule has 0 radical (unpaired) electrons. The Hall–Kier alpha value is -1.89. The van der Waals surface area contributed by atoms with E-state index in [2.05, 4.69) is 21.2 Å². The van der Waals surface area contributed by atoms with E-state index in [-0.39, 0.29) is 24.1 Å². The number of imide groups is 1. The summed E-state index contributed by atoms with van der Waals surface area (Å²) in [6.07, 6.45) is 0.648. The Morgan fingerprint density at radius 2 is 2.00 bits per heavy atom. The van der Waals surface area contributed by atoms with E-state index >= 15 is 0 Å². The van der Waals surface area contributed by atoms with Crippen molar-refractivity contribution >= 4 is 39.3 Å². The predicted molar refractivity (Wildman–Crippen MR) is 84.5 cm³/mol. The molecule has 1 saturated heterocycles. The highest BCUT2D eigenvalue weighted by Crippen LogP contribution is 2.34. The van der Waals surface area contributed by atoms with Crippen LogP contribution in [0.2, 0.25) is 0 Å². The minimum absolute atomic E-state index is 0.157. The second-order valence-electron chi connectivity index (χ2n) is 5.76. The second kappa shape index (κ2) is 5.39. The monoisotopic (exact) mass is 365 g/mol. The van der Waals surface area contributed by atoms with Gasteiger partial charge in [0.15, 0.2) is 0 Å². The van der Waals surface area contributed by atoms with Crippen molar-refractivity contribution in [3.63, 3.8) is 0 Å². The largest absolute Gasteiger partial charge is 0.377 e. The van der Waals surface area contributed by atoms with Gasteiger partial charge in [0, 0.05) is 37.1 Å². The lowest BCUT2D eigenvalue weighted by Gasteiger charge is -2.29. The normalized spacial score (nSPS) is 21.0. The van der Waals surface area contributed by atoms with Crippen LogP contribution in [0.15, 0.2) is 16.6 Å². The molecule has 1 N–H and O–H groups in total. The van der Waals surface area contributed by atoms with E-state index in [1.807, 2.05) is 25.1 Å². The summed E-state index contributed by atoms with van der Waals surface area (Å²) in [6.45, 7) is 0.397. The van der Waals surface area contributed by atoms with Crippen molar-refractivity contribution in [2.75, 3.05) is 19.0 Å². The lowest BCUT2D eigenvalue weighted by Crippen LogP contribution is -2.52. The van der Waals surface area contributed by atoms with Gasteiger partial charge in [-0.1, -0.05) is 0 Å². The maximum Gasteiger partial charge on any atom is 0.255 e. The van der Waals surface area contributed by atoms with E-state index in [0.29, 0.717) is 18.5 Å². The average Bonchev–Trinajstić information content (AvgIpc) is 2.75. The van der Waals surface area contributed by atoms with Gasteiger partial charge in [0.2, 0.25) is 11.8 Å². The van der Waals surface area contributed by atoms with Crippen LogP contribution >= 0.6 is 15.9 Å². The van der Waals surface area contributed by atoms with Gasteiger partial charge < -0.3 is 9.80 Å². The van der Waals surface area contributed by atoms with Gasteiger partial charge in [0.1, 0.15) is 6.04 Å². The molecular weight excluding hydrogens is 350 g/mol. The SMILES string of the molecule is CN(C)c1cc2c(cc1Br)C(=O)N(C1CCC(=O)NC1=O)C2. The molecule has 1 atom stereocenters. The number of hydrogen-bond donors (Lipinski definition) is 1. The number of rotatable bonds is 2. The van der Waals surface area contributed by atoms with Crippen molar-refractivity contribution in [2.45, 2.75) is 25.4 Å². The third kappa shape index (κ3) is 2.39. The first kappa shape index (κ1) is 15.0. The van der Waals surface area contributed by atoms with Gasteiger partial charge in [-0.05, 0) is 40.0 Å². The molecule has 116 valence electrons. The summed E-state index contributed by atoms with van der Waals surface area (Å²) in [4.78, 5) is 39.3. The van der Waals surface area contributed by atoms with Crippen molar-refractivity contribution in [3.8, 4) is 0 Å². The lowest BCUT2D eigenvalue weighted by molar-refractivity contribution is -0.136. The number of carbonyl (C=O) groups excluding carboxylic acids is 3. The fraction of sp³-hybridized carbons (Fsp3) is 0.400. The molecule has 1 aromatic rings. The predicted octanol–water partition coefficient (Wildman–Crippen LogP) is 1.28. The summed E-state index contributed by atoms with van der Waals surface area (Å²) < 4.78 is 0.842. The van der Waals surface area contributed by atoms with Gasteiger partial charge in [0.25, 0.3) is 5.91 Å². The Morgan fingerprint density at radius 1 is 1.27 bits per heavy atom. The molecule has 3 amide bonds. The standard InChI is InChI=1S/C15H16BrN3O3/c1-18(2)12-5-8-7-19(15(22)9(8)6-10(12)16)11-3-4-13(20)17-14(11)21/h5-6,11H,3-4,7H2,1-2H3,(H,17,20,21). The van der Waals surface area contributed by atoms with Crippen molar-refractivity contribution in [1.29, 1.82) is 0 Å². The minimum Gasteiger partial charge on any atom is -0.377 e. The van der Waals surface area contributed by atoms with Gasteiger partial charge in [0.05, 0.1) is 5.69 Å². The van der Waals surface area contributed by atoms with E-state index in [1.54, 1.807) is 11.0 Å². The van der Waals surface area contributed by atoms with E-state index in [4.69, 9.17) is 0 Å². The van der Waals surface area contributed by atoms with E-state index in [0.717, 1.165) is 15.7 Å². The topological polar surface area (TPSA) is 69.7 Å². The molecule has 0 bridgehead atoms. The average molecular weight is 366 g/mol. The van der Waals surface area contributed by atoms with Gasteiger partial charge in [-0.25, -0.2) is 0 Å². The van der Waals surface area contributed by atoms with Crippen LogP contribution in [-0.2, 0) is 16.1 Å². The van der Waals surface area contributed by atoms with Gasteiger partial charge in [-0.2, -0.15) is 0 Å². The highest BCUT2D eigenvalue weighted by atomic mass is 79.9. The molecule has 1 fully saturated rings. The van der Waals surface area contributed by atoms with Crippen LogP contribution in [0, 0.1) is 0 Å². The van der Waals surface area contributed by atoms with E-state index in [1.165, 1.54) is 0 Å². The highest BCUT2D eigenvalue weighted by molar-refractivity contribution is 9.10. The van der Waals surface area contributed by atoms with Crippen LogP contribution in [0.25, 0.3) is 0 Å². The summed E-state index contributed by atoms with van der Waals surface area (Å²) >= 11 is 3.48. The molecule has 3 rings (SSSR count). The molecule has 0 aliphatic carbocycles. The maximum absolute atomic E-state index is 12.6. The fourth-order valence-electron chi connectivity index (χ4n) is 2.92. The molecule has 0 aromatic heterocycles. The number of benzene rings is 1. The van der Waals surface area contributed by atoms with Crippen molar-refractivity contribution in [3.05, 3.63) is 27.7 Å². The van der Waals surface area contributed by atoms with Crippen LogP contribution in [0.5, 0.6) is 0 Å². The van der Waals surface area contributed by atoms with Gasteiger partial charge >= 0.3 is 0 Å². The van der Waals surface area contributed by atoms with Crippen LogP contribution in [-0.4, -0.2) is 42.8 Å². The summed E-state index contributed by atoms with van der Waals surface area (Å²) in [5.41, 5.74) is 2.50. The Kier molecular flexibility index (Phi) is 3.68. The quantitative estimate of drug-likeness (QED) is 0.801. The highest BCUT2D eigenvalue weighted by Gasteiger charge is 2.39. The fourth-order valence-corrected chi connectivity index (χ4v) is 3.62. The van der Waals surface area contributed by atoms with Crippen LogP contribution < -0.4 is 10.2 Å². The van der Waals surface area contributed by atoms with Crippen LogP contribution in [0.3, 0.4) is 0 Å². The van der Waals surface area contributed by atoms with Crippen LogP contribution in [0.1, 0.15) is 28.8 Å². The number of anilines is 1. The molecule has 0 spiro atoms. The Bertz CT molecular complexity index is 687. The molecule has 2 aliphatic rings. The number of fused-ring (bicyclic) bond motifs is 1. The summed E-state index contributed by atoms with van der Waals surface area (Å²) in [5.74, 6) is -0.817. The molecule has 0 saturated carbocycles. The van der Waals surface area contributed by atoms with E-state index in [9.17, 15) is 14.4 Å². The lowest BCUT2D eigenvalue weighted by atomic mass is 10.0. The zero-order valence-corrected chi connectivity index (χ0v) is 13.9. The minimum atomic E-state index is -0.570. The smallest absolute Gasteiger partial charge is 0.255 e. The molecule has 22 heavy (non-hydrogen) atoms. The molecule has 2 heterocycles. The zero-order chi connectivity index (χ0) is 16.0. The molecular formula is C15H16BrN3O3. The summed E-state index contributed by atoms with van der Waals surface area (Å²) in [6, 6.07) is 3.20. The third-order valence-electron chi connectivity index (χ3n) is 4.07. The number of piperidine rings is 1. The van der Waals surface area contributed by atoms with Gasteiger partial charge in [-0.15, -0.1) is 0 Å².